The predicted molar refractivity (Wildman–Crippen MR) is 209 cm³/mol. The fraction of sp³-hybridized carbons (Fsp3) is 0.814. The van der Waals surface area contributed by atoms with Gasteiger partial charge in [0, 0.05) is 57.8 Å². The van der Waals surface area contributed by atoms with Crippen LogP contribution < -0.4 is 0 Å². The molecule has 4 aliphatic rings. The first-order valence-corrected chi connectivity index (χ1v) is 20.7. The van der Waals surface area contributed by atoms with Crippen LogP contribution in [-0.4, -0.2) is 115 Å². The van der Waals surface area contributed by atoms with Gasteiger partial charge in [0.05, 0.1) is 24.4 Å². The first kappa shape index (κ1) is 45.2. The first-order chi connectivity index (χ1) is 26.1. The minimum absolute atomic E-state index is 0.0922. The predicted octanol–water partition coefficient (Wildman–Crippen LogP) is 5.95. The minimum atomic E-state index is -2.47. The minimum Gasteiger partial charge on any atom is -0.456 e. The van der Waals surface area contributed by atoms with E-state index in [1.165, 1.54) is 4.90 Å². The molecule has 2 saturated heterocycles. The highest BCUT2D eigenvalue weighted by Crippen LogP contribution is 2.39. The normalized spacial score (nSPS) is 40.7. The van der Waals surface area contributed by atoms with Crippen molar-refractivity contribution in [1.29, 1.82) is 5.41 Å². The molecule has 55 heavy (non-hydrogen) atoms. The van der Waals surface area contributed by atoms with Crippen molar-refractivity contribution in [2.24, 2.45) is 29.6 Å². The Hall–Kier alpha value is -2.48. The van der Waals surface area contributed by atoms with Gasteiger partial charge in [0.15, 0.2) is 0 Å². The zero-order valence-electron chi connectivity index (χ0n) is 34.9. The van der Waals surface area contributed by atoms with E-state index in [0.717, 1.165) is 36.8 Å². The molecule has 0 spiro atoms. The number of aliphatic hydroxyl groups excluding tert-OH is 1. The third-order valence-electron chi connectivity index (χ3n) is 12.8. The Balaban J connectivity index is 1.76. The number of hydrogen-bond acceptors (Lipinski definition) is 11. The number of carbonyl (C=O) groups is 3. The summed E-state index contributed by atoms with van der Waals surface area (Å²) in [4.78, 5) is 43.9. The second-order valence-corrected chi connectivity index (χ2v) is 17.1. The number of esters is 1. The molecule has 1 saturated carbocycles. The molecule has 3 N–H and O–H groups in total. The van der Waals surface area contributed by atoms with Gasteiger partial charge >= 0.3 is 5.97 Å². The number of nitrogens with one attached hydrogen (secondary N) is 1. The van der Waals surface area contributed by atoms with Crippen LogP contribution >= 0.6 is 0 Å². The summed E-state index contributed by atoms with van der Waals surface area (Å²) in [5.41, 5.74) is 2.29. The topological polar surface area (TPSA) is 165 Å². The van der Waals surface area contributed by atoms with E-state index in [-0.39, 0.29) is 49.7 Å². The van der Waals surface area contributed by atoms with Gasteiger partial charge in [-0.2, -0.15) is 0 Å². The quantitative estimate of drug-likeness (QED) is 0.167. The summed E-state index contributed by atoms with van der Waals surface area (Å²) in [6.45, 7) is 11.7. The van der Waals surface area contributed by atoms with Crippen molar-refractivity contribution in [3.8, 4) is 0 Å². The molecule has 0 aromatic rings. The van der Waals surface area contributed by atoms with Crippen LogP contribution in [0, 0.1) is 35.0 Å². The molecule has 0 radical (unpaired) electrons. The van der Waals surface area contributed by atoms with E-state index >= 15 is 0 Å². The molecule has 3 heterocycles. The number of Topliss-reactive ketones (excluding diaryl/α,β-unsaturated/α-hetero) is 1. The molecule has 0 aromatic carbocycles. The van der Waals surface area contributed by atoms with Crippen LogP contribution in [0.5, 0.6) is 0 Å². The fourth-order valence-electron chi connectivity index (χ4n) is 9.43. The lowest BCUT2D eigenvalue weighted by Gasteiger charge is -2.47. The lowest BCUT2D eigenvalue weighted by atomic mass is 9.82. The van der Waals surface area contributed by atoms with E-state index in [1.807, 2.05) is 27.7 Å². The maximum atomic E-state index is 14.3. The number of allylic oxidation sites excluding steroid dienone is 3. The Labute approximate surface area is 329 Å². The molecular weight excluding hydrogens is 704 g/mol. The highest BCUT2D eigenvalue weighted by molar-refractivity contribution is 6.39. The van der Waals surface area contributed by atoms with Gasteiger partial charge in [0.1, 0.15) is 18.2 Å². The summed E-state index contributed by atoms with van der Waals surface area (Å²) in [5.74, 6) is -6.52. The number of nitrogens with zero attached hydrogens (tertiary/aromatic N) is 1. The van der Waals surface area contributed by atoms with Crippen molar-refractivity contribution in [2.45, 2.75) is 167 Å². The lowest BCUT2D eigenvalue weighted by Crippen LogP contribution is -2.64. The number of fused-ring (bicyclic) bond motifs is 3. The monoisotopic (exact) mass is 775 g/mol. The van der Waals surface area contributed by atoms with Crippen molar-refractivity contribution in [1.82, 2.24) is 4.90 Å². The van der Waals surface area contributed by atoms with Crippen LogP contribution in [-0.2, 0) is 38.1 Å². The largest absolute Gasteiger partial charge is 0.456 e. The van der Waals surface area contributed by atoms with Crippen LogP contribution in [0.4, 0.5) is 0 Å². The lowest BCUT2D eigenvalue weighted by molar-refractivity contribution is -0.302. The summed E-state index contributed by atoms with van der Waals surface area (Å²) in [5, 5.41) is 32.9. The summed E-state index contributed by atoms with van der Waals surface area (Å²) >= 11 is 0. The number of aliphatic hydroxyl groups is 2. The van der Waals surface area contributed by atoms with E-state index < -0.39 is 71.8 Å². The maximum Gasteiger partial charge on any atom is 0.329 e. The highest BCUT2D eigenvalue weighted by atomic mass is 16.7. The third-order valence-corrected chi connectivity index (χ3v) is 12.8. The SMILES string of the molecule is CC[C@@H]1/C=C(\C)C[C@H](C)C[C@H](OC)[C@H]2O[C@@](O)(C(=O)C(=O)N3CCCC[C@H]3C(=O)O[C@H](/C(C)=C/[C@@H]3CCC[C@H](OC)C3)[C@H](C)[C@@H](O)CC1=N)[C@H](C)C[C@@H]2OC. The van der Waals surface area contributed by atoms with Gasteiger partial charge in [0.2, 0.25) is 5.79 Å². The summed E-state index contributed by atoms with van der Waals surface area (Å²) < 4.78 is 30.0. The Kier molecular flexibility index (Phi) is 16.7. The van der Waals surface area contributed by atoms with E-state index in [9.17, 15) is 24.6 Å². The van der Waals surface area contributed by atoms with Gasteiger partial charge < -0.3 is 44.2 Å². The first-order valence-electron chi connectivity index (χ1n) is 20.7. The molecule has 4 rings (SSSR count). The van der Waals surface area contributed by atoms with E-state index in [2.05, 4.69) is 19.1 Å². The van der Waals surface area contributed by atoms with E-state index in [1.54, 1.807) is 28.3 Å². The van der Waals surface area contributed by atoms with E-state index in [0.29, 0.717) is 37.8 Å². The molecule has 13 atom stereocenters. The summed E-state index contributed by atoms with van der Waals surface area (Å²) in [6, 6.07) is -1.07. The van der Waals surface area contributed by atoms with Crippen LogP contribution in [0.3, 0.4) is 0 Å². The molecule has 0 unspecified atom stereocenters. The number of cyclic esters (lactones) is 1. The second kappa shape index (κ2) is 20.3. The van der Waals surface area contributed by atoms with Crippen LogP contribution in [0.2, 0.25) is 0 Å². The Morgan fingerprint density at radius 2 is 1.67 bits per heavy atom. The number of methoxy groups -OCH3 is 3. The van der Waals surface area contributed by atoms with Crippen LogP contribution in [0.25, 0.3) is 0 Å². The van der Waals surface area contributed by atoms with Crippen molar-refractivity contribution in [3.63, 3.8) is 0 Å². The van der Waals surface area contributed by atoms with Gasteiger partial charge in [-0.05, 0) is 95.5 Å². The third kappa shape index (κ3) is 10.9. The highest BCUT2D eigenvalue weighted by Gasteiger charge is 2.56. The average Bonchev–Trinajstić information content (AvgIpc) is 3.17. The molecular formula is C43H70N2O10. The number of ketones is 1. The Bertz CT molecular complexity index is 1400. The van der Waals surface area contributed by atoms with Gasteiger partial charge in [0.25, 0.3) is 11.7 Å². The molecule has 0 aromatic heterocycles. The number of carbonyl (C=O) groups excluding carboxylic acids is 3. The molecule has 1 amide bonds. The molecule has 3 aliphatic heterocycles. The van der Waals surface area contributed by atoms with Crippen LogP contribution in [0.1, 0.15) is 119 Å². The molecule has 3 fully saturated rings. The molecule has 12 nitrogen and oxygen atoms in total. The van der Waals surface area contributed by atoms with Crippen LogP contribution in [0.15, 0.2) is 23.3 Å². The Morgan fingerprint density at radius 3 is 2.33 bits per heavy atom. The average molecular weight is 775 g/mol. The number of piperidine rings is 1. The van der Waals surface area contributed by atoms with Gasteiger partial charge in [-0.1, -0.05) is 51.8 Å². The summed E-state index contributed by atoms with van der Waals surface area (Å²) in [6.07, 6.45) is 8.18. The molecule has 2 bridgehead atoms. The molecule has 312 valence electrons. The number of amides is 1. The number of ether oxygens (including phenoxy) is 5. The fourth-order valence-corrected chi connectivity index (χ4v) is 9.43. The number of hydrogen-bond donors (Lipinski definition) is 3. The van der Waals surface area contributed by atoms with Crippen molar-refractivity contribution < 1.29 is 48.3 Å². The van der Waals surface area contributed by atoms with Gasteiger partial charge in [-0.25, -0.2) is 4.79 Å². The zero-order valence-corrected chi connectivity index (χ0v) is 34.9. The zero-order chi connectivity index (χ0) is 40.6. The van der Waals surface area contributed by atoms with Gasteiger partial charge in [-0.15, -0.1) is 0 Å². The second-order valence-electron chi connectivity index (χ2n) is 17.1. The van der Waals surface area contributed by atoms with E-state index in [4.69, 9.17) is 29.1 Å². The van der Waals surface area contributed by atoms with Crippen molar-refractivity contribution in [2.75, 3.05) is 27.9 Å². The standard InChI is InChI=1S/C43H70N2O10/c1-10-31-19-25(2)18-26(3)20-36(52-8)39-37(53-9)22-28(5)43(50,55-39)40(47)41(48)45-17-12-11-16-34(45)42(49)54-38(29(6)35(46)24-33(31)44)27(4)21-30-14-13-15-32(23-30)51-7/h19,21,26,28-32,34-39,44,46,50H,10-18,20,22-24H2,1-9H3/b25-19+,27-21+,44-33?/t26-,28+,29+,30-,31+,32-,34-,35-,36-,37-,38+,39+,43+/m0/s1. The maximum absolute atomic E-state index is 14.3. The van der Waals surface area contributed by atoms with Gasteiger partial charge in [-0.3, -0.25) is 9.59 Å². The Morgan fingerprint density at radius 1 is 0.982 bits per heavy atom. The molecule has 1 aliphatic carbocycles. The number of rotatable bonds is 6. The smallest absolute Gasteiger partial charge is 0.329 e. The van der Waals surface area contributed by atoms with Crippen molar-refractivity contribution >= 4 is 23.4 Å². The summed E-state index contributed by atoms with van der Waals surface area (Å²) in [7, 11) is 4.84. The van der Waals surface area contributed by atoms with Crippen molar-refractivity contribution in [3.05, 3.63) is 23.3 Å². The molecule has 12 heteroatoms.